The van der Waals surface area contributed by atoms with Crippen LogP contribution in [0, 0.1) is 0 Å². The Morgan fingerprint density at radius 1 is 1.12 bits per heavy atom. The van der Waals surface area contributed by atoms with Gasteiger partial charge in [-0.15, -0.1) is 0 Å². The summed E-state index contributed by atoms with van der Waals surface area (Å²) in [4.78, 5) is 26.0. The average molecular weight is 502 g/mol. The van der Waals surface area contributed by atoms with Crippen molar-refractivity contribution in [3.8, 4) is 0 Å². The first-order valence-corrected chi connectivity index (χ1v) is 12.1. The monoisotopic (exact) mass is 501 g/mol. The summed E-state index contributed by atoms with van der Waals surface area (Å²) < 4.78 is 11.4. The maximum Gasteiger partial charge on any atom is 0.254 e. The summed E-state index contributed by atoms with van der Waals surface area (Å²) in [6, 6.07) is 10.9. The number of nitrogens with zero attached hydrogens (tertiary/aromatic N) is 2. The van der Waals surface area contributed by atoms with Gasteiger partial charge in [0.05, 0.1) is 40.6 Å². The number of furan rings is 1. The Labute approximate surface area is 207 Å². The molecule has 1 aliphatic carbocycles. The van der Waals surface area contributed by atoms with Crippen LogP contribution < -0.4 is 10.3 Å². The molecule has 3 aromatic rings. The lowest BCUT2D eigenvalue weighted by Crippen LogP contribution is -2.51. The molecule has 9 heteroatoms. The van der Waals surface area contributed by atoms with Crippen LogP contribution in [0.1, 0.15) is 47.5 Å². The number of morpholine rings is 1. The second-order valence-corrected chi connectivity index (χ2v) is 9.29. The minimum atomic E-state index is -0.384. The molecule has 2 aromatic carbocycles. The van der Waals surface area contributed by atoms with Crippen molar-refractivity contribution in [3.63, 3.8) is 0 Å². The Kier molecular flexibility index (Phi) is 6.53. The Bertz CT molecular complexity index is 1250. The molecule has 0 spiro atoms. The van der Waals surface area contributed by atoms with Crippen molar-refractivity contribution in [2.24, 2.45) is 0 Å². The van der Waals surface area contributed by atoms with Gasteiger partial charge >= 0.3 is 0 Å². The SMILES string of the molecule is CC(=O)N(c1ccc(Cl)c(C(=O)NC2CCCc3oc4ccccc4c32)c1Cl)N1CCOCC1. The van der Waals surface area contributed by atoms with Gasteiger partial charge in [0.2, 0.25) is 5.91 Å². The first-order chi connectivity index (χ1) is 16.5. The summed E-state index contributed by atoms with van der Waals surface area (Å²) in [5, 5.41) is 7.86. The van der Waals surface area contributed by atoms with Gasteiger partial charge in [0.15, 0.2) is 0 Å². The number of fused-ring (bicyclic) bond motifs is 3. The largest absolute Gasteiger partial charge is 0.461 e. The number of anilines is 1. The number of hydrogen-bond donors (Lipinski definition) is 1. The predicted octanol–water partition coefficient (Wildman–Crippen LogP) is 5.15. The van der Waals surface area contributed by atoms with E-state index in [0.29, 0.717) is 32.0 Å². The van der Waals surface area contributed by atoms with E-state index in [1.165, 1.54) is 11.9 Å². The lowest BCUT2D eigenvalue weighted by molar-refractivity contribution is -0.120. The quantitative estimate of drug-likeness (QED) is 0.535. The number of rotatable bonds is 4. The summed E-state index contributed by atoms with van der Waals surface area (Å²) in [7, 11) is 0. The van der Waals surface area contributed by atoms with Crippen molar-refractivity contribution in [1.29, 1.82) is 0 Å². The molecular formula is C25H25Cl2N3O4. The third-order valence-corrected chi connectivity index (χ3v) is 7.05. The minimum Gasteiger partial charge on any atom is -0.461 e. The molecule has 2 aliphatic rings. The first-order valence-electron chi connectivity index (χ1n) is 11.4. The number of carbonyl (C=O) groups is 2. The number of ether oxygens (including phenoxy) is 1. The predicted molar refractivity (Wildman–Crippen MR) is 131 cm³/mol. The van der Waals surface area contributed by atoms with E-state index >= 15 is 0 Å². The standard InChI is InChI=1S/C25H25Cl2N3O4/c1-15(31)30(29-11-13-33-14-12-29)19-10-9-17(26)23(24(19)27)25(32)28-18-6-4-8-21-22(18)16-5-2-3-7-20(16)34-21/h2-3,5,7,9-10,18H,4,6,8,11-14H2,1H3,(H,28,32). The topological polar surface area (TPSA) is 75.0 Å². The molecule has 0 radical (unpaired) electrons. The number of amides is 2. The molecular weight excluding hydrogens is 477 g/mol. The van der Waals surface area contributed by atoms with Gasteiger partial charge in [-0.3, -0.25) is 9.59 Å². The lowest BCUT2D eigenvalue weighted by Gasteiger charge is -2.37. The molecule has 1 unspecified atom stereocenters. The molecule has 1 aromatic heterocycles. The molecule has 2 heterocycles. The van der Waals surface area contributed by atoms with Gasteiger partial charge in [0.25, 0.3) is 5.91 Å². The van der Waals surface area contributed by atoms with Gasteiger partial charge in [0, 0.05) is 37.4 Å². The molecule has 1 N–H and O–H groups in total. The van der Waals surface area contributed by atoms with Gasteiger partial charge in [-0.25, -0.2) is 10.0 Å². The summed E-state index contributed by atoms with van der Waals surface area (Å²) in [6.45, 7) is 3.56. The zero-order valence-electron chi connectivity index (χ0n) is 18.8. The fourth-order valence-corrected chi connectivity index (χ4v) is 5.48. The highest BCUT2D eigenvalue weighted by Gasteiger charge is 2.31. The van der Waals surface area contributed by atoms with E-state index in [0.717, 1.165) is 41.6 Å². The second kappa shape index (κ2) is 9.58. The van der Waals surface area contributed by atoms with Crippen molar-refractivity contribution in [3.05, 3.63) is 63.3 Å². The van der Waals surface area contributed by atoms with Crippen LogP contribution in [-0.2, 0) is 16.0 Å². The third-order valence-electron chi connectivity index (χ3n) is 6.36. The van der Waals surface area contributed by atoms with Crippen molar-refractivity contribution < 1.29 is 18.7 Å². The maximum absolute atomic E-state index is 13.5. The van der Waals surface area contributed by atoms with E-state index in [1.54, 1.807) is 12.1 Å². The molecule has 2 amide bonds. The van der Waals surface area contributed by atoms with E-state index < -0.39 is 0 Å². The smallest absolute Gasteiger partial charge is 0.254 e. The van der Waals surface area contributed by atoms with Crippen LogP contribution in [0.25, 0.3) is 11.0 Å². The van der Waals surface area contributed by atoms with Crippen LogP contribution in [0.5, 0.6) is 0 Å². The molecule has 0 bridgehead atoms. The fourth-order valence-electron chi connectivity index (χ4n) is 4.86. The molecule has 7 nitrogen and oxygen atoms in total. The van der Waals surface area contributed by atoms with E-state index in [-0.39, 0.29) is 33.5 Å². The van der Waals surface area contributed by atoms with E-state index in [4.69, 9.17) is 32.4 Å². The third kappa shape index (κ3) is 4.18. The highest BCUT2D eigenvalue weighted by Crippen LogP contribution is 2.39. The van der Waals surface area contributed by atoms with Crippen molar-refractivity contribution >= 4 is 51.7 Å². The molecule has 178 valence electrons. The molecule has 1 aliphatic heterocycles. The zero-order valence-corrected chi connectivity index (χ0v) is 20.3. The van der Waals surface area contributed by atoms with E-state index in [2.05, 4.69) is 5.32 Å². The van der Waals surface area contributed by atoms with Crippen LogP contribution in [-0.4, -0.2) is 43.1 Å². The van der Waals surface area contributed by atoms with Crippen LogP contribution in [0.15, 0.2) is 40.8 Å². The summed E-state index contributed by atoms with van der Waals surface area (Å²) in [5.41, 5.74) is 2.40. The highest BCUT2D eigenvalue weighted by molar-refractivity contribution is 6.41. The van der Waals surface area contributed by atoms with Gasteiger partial charge in [-0.1, -0.05) is 41.4 Å². The van der Waals surface area contributed by atoms with Crippen LogP contribution in [0.2, 0.25) is 10.0 Å². The number of benzene rings is 2. The number of hydrazine groups is 1. The van der Waals surface area contributed by atoms with Gasteiger partial charge in [0.1, 0.15) is 11.3 Å². The van der Waals surface area contributed by atoms with Crippen LogP contribution >= 0.6 is 23.2 Å². The van der Waals surface area contributed by atoms with Gasteiger partial charge in [-0.2, -0.15) is 0 Å². The van der Waals surface area contributed by atoms with Gasteiger partial charge < -0.3 is 14.5 Å². The van der Waals surface area contributed by atoms with Crippen molar-refractivity contribution in [2.45, 2.75) is 32.2 Å². The van der Waals surface area contributed by atoms with Crippen molar-refractivity contribution in [1.82, 2.24) is 10.3 Å². The lowest BCUT2D eigenvalue weighted by atomic mass is 9.90. The van der Waals surface area contributed by atoms with Crippen LogP contribution in [0.3, 0.4) is 0 Å². The molecule has 0 saturated carbocycles. The van der Waals surface area contributed by atoms with Crippen molar-refractivity contribution in [2.75, 3.05) is 31.3 Å². The number of hydrogen-bond acceptors (Lipinski definition) is 5. The summed E-state index contributed by atoms with van der Waals surface area (Å²) >= 11 is 13.2. The highest BCUT2D eigenvalue weighted by atomic mass is 35.5. The number of aryl methyl sites for hydroxylation is 1. The second-order valence-electron chi connectivity index (χ2n) is 8.51. The number of carbonyl (C=O) groups excluding carboxylic acids is 2. The number of para-hydroxylation sites is 1. The molecule has 34 heavy (non-hydrogen) atoms. The molecule has 1 fully saturated rings. The Balaban J connectivity index is 1.48. The average Bonchev–Trinajstić information content (AvgIpc) is 3.21. The van der Waals surface area contributed by atoms with Crippen LogP contribution in [0.4, 0.5) is 5.69 Å². The van der Waals surface area contributed by atoms with Gasteiger partial charge in [-0.05, 0) is 31.0 Å². The first kappa shape index (κ1) is 23.2. The summed E-state index contributed by atoms with van der Waals surface area (Å²) in [5.74, 6) is 0.309. The molecule has 5 rings (SSSR count). The summed E-state index contributed by atoms with van der Waals surface area (Å²) in [6.07, 6.45) is 2.51. The Morgan fingerprint density at radius 2 is 1.88 bits per heavy atom. The Morgan fingerprint density at radius 3 is 2.65 bits per heavy atom. The zero-order chi connectivity index (χ0) is 23.8. The Hall–Kier alpha value is -2.58. The molecule has 1 atom stereocenters. The number of halogens is 2. The maximum atomic E-state index is 13.5. The molecule has 1 saturated heterocycles. The fraction of sp³-hybridized carbons (Fsp3) is 0.360. The normalized spacial score (nSPS) is 18.5. The van der Waals surface area contributed by atoms with E-state index in [1.807, 2.05) is 29.3 Å². The minimum absolute atomic E-state index is 0.139. The number of nitrogens with one attached hydrogen (secondary N) is 1. The van der Waals surface area contributed by atoms with E-state index in [9.17, 15) is 9.59 Å².